The van der Waals surface area contributed by atoms with Gasteiger partial charge in [-0.2, -0.15) is 5.10 Å². The number of carbonyl (C=O) groups excluding carboxylic acids is 1. The molecule has 0 aliphatic heterocycles. The molecule has 6 heteroatoms. The van der Waals surface area contributed by atoms with Gasteiger partial charge in [-0.05, 0) is 29.7 Å². The molecule has 122 valence electrons. The van der Waals surface area contributed by atoms with Crippen molar-refractivity contribution in [2.24, 2.45) is 0 Å². The molecule has 0 atom stereocenters. The zero-order valence-electron chi connectivity index (χ0n) is 13.0. The third kappa shape index (κ3) is 3.60. The molecule has 3 aromatic rings. The van der Waals surface area contributed by atoms with E-state index in [9.17, 15) is 9.59 Å². The summed E-state index contributed by atoms with van der Waals surface area (Å²) >= 11 is 0. The number of carboxylic acids is 1. The number of carbonyl (C=O) groups is 2. The maximum atomic E-state index is 12.0. The fraction of sp³-hybridized carbons (Fsp3) is 0.167. The van der Waals surface area contributed by atoms with Gasteiger partial charge in [-0.1, -0.05) is 30.3 Å². The van der Waals surface area contributed by atoms with E-state index in [0.29, 0.717) is 18.5 Å². The zero-order valence-corrected chi connectivity index (χ0v) is 13.0. The molecule has 1 amide bonds. The van der Waals surface area contributed by atoms with Crippen LogP contribution in [0.3, 0.4) is 0 Å². The second-order valence-electron chi connectivity index (χ2n) is 5.53. The molecular weight excluding hydrogens is 306 g/mol. The number of nitrogens with zero attached hydrogens (tertiary/aromatic N) is 1. The van der Waals surface area contributed by atoms with Gasteiger partial charge in [0.05, 0.1) is 23.7 Å². The first-order valence-electron chi connectivity index (χ1n) is 7.63. The van der Waals surface area contributed by atoms with Crippen molar-refractivity contribution < 1.29 is 14.7 Å². The topological polar surface area (TPSA) is 95.1 Å². The average molecular weight is 323 g/mol. The Morgan fingerprint density at radius 1 is 1.17 bits per heavy atom. The molecule has 0 unspecified atom stereocenters. The lowest BCUT2D eigenvalue weighted by Gasteiger charge is -2.08. The highest BCUT2D eigenvalue weighted by Crippen LogP contribution is 2.13. The molecule has 0 fully saturated rings. The Morgan fingerprint density at radius 2 is 2.00 bits per heavy atom. The predicted molar refractivity (Wildman–Crippen MR) is 89.9 cm³/mol. The summed E-state index contributed by atoms with van der Waals surface area (Å²) in [7, 11) is 0. The molecule has 2 aromatic carbocycles. The SMILES string of the molecule is O=C(Cc1ccc2cn[nH]c2c1)NCCc1ccccc1C(=O)O. The van der Waals surface area contributed by atoms with Gasteiger partial charge in [0.2, 0.25) is 5.91 Å². The molecule has 1 heterocycles. The minimum Gasteiger partial charge on any atom is -0.478 e. The Balaban J connectivity index is 1.55. The molecule has 0 radical (unpaired) electrons. The van der Waals surface area contributed by atoms with Crippen molar-refractivity contribution in [3.63, 3.8) is 0 Å². The number of hydrogen-bond donors (Lipinski definition) is 3. The summed E-state index contributed by atoms with van der Waals surface area (Å²) in [5.74, 6) is -1.05. The van der Waals surface area contributed by atoms with Crippen molar-refractivity contribution >= 4 is 22.8 Å². The third-order valence-electron chi connectivity index (χ3n) is 3.84. The number of aromatic nitrogens is 2. The Morgan fingerprint density at radius 3 is 2.83 bits per heavy atom. The third-order valence-corrected chi connectivity index (χ3v) is 3.84. The van der Waals surface area contributed by atoms with E-state index < -0.39 is 5.97 Å². The standard InChI is InChI=1S/C18H17N3O3/c22-17(10-12-5-6-14-11-20-21-16(14)9-12)19-8-7-13-3-1-2-4-15(13)18(23)24/h1-6,9,11H,7-8,10H2,(H,19,22)(H,20,21)(H,23,24). The van der Waals surface area contributed by atoms with E-state index in [2.05, 4.69) is 15.5 Å². The van der Waals surface area contributed by atoms with Crippen LogP contribution in [-0.4, -0.2) is 33.7 Å². The minimum absolute atomic E-state index is 0.0957. The van der Waals surface area contributed by atoms with Crippen molar-refractivity contribution in [2.75, 3.05) is 6.54 Å². The molecule has 0 aliphatic rings. The quantitative estimate of drug-likeness (QED) is 0.648. The monoisotopic (exact) mass is 323 g/mol. The molecule has 0 aliphatic carbocycles. The highest BCUT2D eigenvalue weighted by atomic mass is 16.4. The molecule has 0 bridgehead atoms. The number of carboxylic acid groups (broad SMARTS) is 1. The molecular formula is C18H17N3O3. The van der Waals surface area contributed by atoms with Crippen LogP contribution in [0, 0.1) is 0 Å². The van der Waals surface area contributed by atoms with Crippen LogP contribution >= 0.6 is 0 Å². The van der Waals surface area contributed by atoms with E-state index in [1.54, 1.807) is 30.5 Å². The Hall–Kier alpha value is -3.15. The lowest BCUT2D eigenvalue weighted by molar-refractivity contribution is -0.120. The van der Waals surface area contributed by atoms with Crippen LogP contribution < -0.4 is 5.32 Å². The van der Waals surface area contributed by atoms with Crippen LogP contribution in [0.4, 0.5) is 0 Å². The predicted octanol–water partition coefficient (Wildman–Crippen LogP) is 2.16. The molecule has 3 rings (SSSR count). The number of H-pyrrole nitrogens is 1. The van der Waals surface area contributed by atoms with E-state index in [0.717, 1.165) is 16.5 Å². The van der Waals surface area contributed by atoms with Gasteiger partial charge in [0, 0.05) is 11.9 Å². The first kappa shape index (κ1) is 15.7. The maximum absolute atomic E-state index is 12.0. The number of nitrogens with one attached hydrogen (secondary N) is 2. The summed E-state index contributed by atoms with van der Waals surface area (Å²) in [6, 6.07) is 12.5. The lowest BCUT2D eigenvalue weighted by atomic mass is 10.0. The normalized spacial score (nSPS) is 10.7. The first-order valence-corrected chi connectivity index (χ1v) is 7.63. The van der Waals surface area contributed by atoms with Crippen molar-refractivity contribution in [1.29, 1.82) is 0 Å². The Kier molecular flexibility index (Phi) is 4.56. The molecule has 0 spiro atoms. The summed E-state index contributed by atoms with van der Waals surface area (Å²) in [6.07, 6.45) is 2.49. The molecule has 0 saturated carbocycles. The van der Waals surface area contributed by atoms with Gasteiger partial charge in [0.1, 0.15) is 0 Å². The number of hydrogen-bond acceptors (Lipinski definition) is 3. The van der Waals surface area contributed by atoms with Crippen molar-refractivity contribution in [1.82, 2.24) is 15.5 Å². The van der Waals surface area contributed by atoms with Crippen LogP contribution in [0.25, 0.3) is 10.9 Å². The van der Waals surface area contributed by atoms with Crippen LogP contribution in [-0.2, 0) is 17.6 Å². The van der Waals surface area contributed by atoms with E-state index in [-0.39, 0.29) is 17.9 Å². The van der Waals surface area contributed by atoms with Gasteiger partial charge in [0.15, 0.2) is 0 Å². The van der Waals surface area contributed by atoms with E-state index in [1.807, 2.05) is 18.2 Å². The number of fused-ring (bicyclic) bond motifs is 1. The molecule has 3 N–H and O–H groups in total. The van der Waals surface area contributed by atoms with E-state index >= 15 is 0 Å². The van der Waals surface area contributed by atoms with Crippen molar-refractivity contribution in [3.8, 4) is 0 Å². The highest BCUT2D eigenvalue weighted by molar-refractivity contribution is 5.89. The first-order chi connectivity index (χ1) is 11.6. The van der Waals surface area contributed by atoms with Gasteiger partial charge in [-0.25, -0.2) is 4.79 Å². The average Bonchev–Trinajstić information content (AvgIpc) is 3.03. The smallest absolute Gasteiger partial charge is 0.335 e. The largest absolute Gasteiger partial charge is 0.478 e. The fourth-order valence-corrected chi connectivity index (χ4v) is 2.63. The Bertz CT molecular complexity index is 886. The number of aromatic amines is 1. The highest BCUT2D eigenvalue weighted by Gasteiger charge is 2.09. The molecule has 6 nitrogen and oxygen atoms in total. The van der Waals surface area contributed by atoms with Crippen LogP contribution in [0.5, 0.6) is 0 Å². The van der Waals surface area contributed by atoms with Crippen molar-refractivity contribution in [2.45, 2.75) is 12.8 Å². The zero-order chi connectivity index (χ0) is 16.9. The second kappa shape index (κ2) is 6.95. The molecule has 1 aromatic heterocycles. The summed E-state index contributed by atoms with van der Waals surface area (Å²) in [5, 5.41) is 19.8. The van der Waals surface area contributed by atoms with E-state index in [4.69, 9.17) is 5.11 Å². The van der Waals surface area contributed by atoms with Gasteiger partial charge < -0.3 is 10.4 Å². The van der Waals surface area contributed by atoms with Crippen molar-refractivity contribution in [3.05, 3.63) is 65.4 Å². The van der Waals surface area contributed by atoms with Gasteiger partial charge >= 0.3 is 5.97 Å². The summed E-state index contributed by atoms with van der Waals surface area (Å²) < 4.78 is 0. The van der Waals surface area contributed by atoms with Crippen LogP contribution in [0.1, 0.15) is 21.5 Å². The summed E-state index contributed by atoms with van der Waals surface area (Å²) in [6.45, 7) is 0.398. The molecule has 0 saturated heterocycles. The number of aromatic carboxylic acids is 1. The second-order valence-corrected chi connectivity index (χ2v) is 5.53. The lowest BCUT2D eigenvalue weighted by Crippen LogP contribution is -2.27. The van der Waals surface area contributed by atoms with Crippen LogP contribution in [0.2, 0.25) is 0 Å². The summed E-state index contributed by atoms with van der Waals surface area (Å²) in [4.78, 5) is 23.2. The number of benzene rings is 2. The van der Waals surface area contributed by atoms with Gasteiger partial charge in [-0.15, -0.1) is 0 Å². The Labute approximate surface area is 138 Å². The summed E-state index contributed by atoms with van der Waals surface area (Å²) in [5.41, 5.74) is 2.78. The number of rotatable bonds is 6. The van der Waals surface area contributed by atoms with E-state index in [1.165, 1.54) is 0 Å². The number of amides is 1. The fourth-order valence-electron chi connectivity index (χ4n) is 2.63. The maximum Gasteiger partial charge on any atom is 0.335 e. The van der Waals surface area contributed by atoms with Crippen LogP contribution in [0.15, 0.2) is 48.7 Å². The molecule has 24 heavy (non-hydrogen) atoms. The minimum atomic E-state index is -0.954. The van der Waals surface area contributed by atoms with Gasteiger partial charge in [0.25, 0.3) is 0 Å². The van der Waals surface area contributed by atoms with Gasteiger partial charge in [-0.3, -0.25) is 9.89 Å².